The highest BCUT2D eigenvalue weighted by molar-refractivity contribution is 6.26. The number of halogens is 3. The zero-order valence-corrected chi connectivity index (χ0v) is 14.0. The van der Waals surface area contributed by atoms with Gasteiger partial charge in [0.25, 0.3) is 11.8 Å². The number of imide groups is 1. The van der Waals surface area contributed by atoms with Gasteiger partial charge in [0.1, 0.15) is 0 Å². The number of nitrogens with zero attached hydrogens (tertiary/aromatic N) is 1. The molecule has 0 spiro atoms. The third-order valence-electron chi connectivity index (χ3n) is 3.90. The van der Waals surface area contributed by atoms with E-state index in [1.807, 2.05) is 0 Å². The standard InChI is InChI=1S/C21H14F3NO2/c22-21(23,24)17-13-7-8-14-18(17)25(19(26)15-9-3-1-4-10-15)20(27)16-11-5-2-6-12-16/h1-14H. The van der Waals surface area contributed by atoms with Gasteiger partial charge in [0.15, 0.2) is 0 Å². The Morgan fingerprint density at radius 2 is 1.04 bits per heavy atom. The van der Waals surface area contributed by atoms with Gasteiger partial charge < -0.3 is 0 Å². The van der Waals surface area contributed by atoms with E-state index in [2.05, 4.69) is 0 Å². The lowest BCUT2D eigenvalue weighted by Gasteiger charge is -2.24. The fourth-order valence-electron chi connectivity index (χ4n) is 2.64. The first kappa shape index (κ1) is 18.4. The molecular formula is C21H14F3NO2. The number of hydrogen-bond donors (Lipinski definition) is 0. The minimum absolute atomic E-state index is 0.110. The average Bonchev–Trinajstić information content (AvgIpc) is 2.69. The molecule has 0 atom stereocenters. The minimum atomic E-state index is -4.72. The Balaban J connectivity index is 2.18. The lowest BCUT2D eigenvalue weighted by atomic mass is 10.1. The molecule has 0 N–H and O–H groups in total. The first-order valence-electron chi connectivity index (χ1n) is 8.04. The zero-order valence-electron chi connectivity index (χ0n) is 14.0. The van der Waals surface area contributed by atoms with Crippen molar-refractivity contribution in [3.05, 3.63) is 102 Å². The van der Waals surface area contributed by atoms with Gasteiger partial charge in [0.05, 0.1) is 11.3 Å². The number of amides is 2. The van der Waals surface area contributed by atoms with Crippen molar-refractivity contribution >= 4 is 17.5 Å². The lowest BCUT2D eigenvalue weighted by molar-refractivity contribution is -0.137. The number of rotatable bonds is 3. The van der Waals surface area contributed by atoms with Gasteiger partial charge in [-0.15, -0.1) is 0 Å². The molecule has 2 amide bonds. The SMILES string of the molecule is O=C(c1ccccc1)N(C(=O)c1ccccc1)c1ccccc1C(F)(F)F. The number of carbonyl (C=O) groups is 2. The molecule has 0 aliphatic heterocycles. The van der Waals surface area contributed by atoms with Gasteiger partial charge in [0, 0.05) is 11.1 Å². The van der Waals surface area contributed by atoms with Crippen LogP contribution < -0.4 is 4.90 Å². The smallest absolute Gasteiger partial charge is 0.268 e. The van der Waals surface area contributed by atoms with Crippen LogP contribution in [-0.4, -0.2) is 11.8 Å². The maximum Gasteiger partial charge on any atom is 0.418 e. The van der Waals surface area contributed by atoms with Crippen molar-refractivity contribution in [1.29, 1.82) is 0 Å². The van der Waals surface area contributed by atoms with Gasteiger partial charge >= 0.3 is 6.18 Å². The Labute approximate surface area is 153 Å². The van der Waals surface area contributed by atoms with E-state index in [-0.39, 0.29) is 11.1 Å². The molecule has 3 aromatic carbocycles. The summed E-state index contributed by atoms with van der Waals surface area (Å²) < 4.78 is 40.5. The lowest BCUT2D eigenvalue weighted by Crippen LogP contribution is -2.38. The predicted molar refractivity (Wildman–Crippen MR) is 95.5 cm³/mol. The molecule has 0 bridgehead atoms. The molecule has 0 radical (unpaired) electrons. The number of para-hydroxylation sites is 1. The summed E-state index contributed by atoms with van der Waals surface area (Å²) >= 11 is 0. The molecule has 6 heteroatoms. The van der Waals surface area contributed by atoms with Crippen LogP contribution in [0.3, 0.4) is 0 Å². The van der Waals surface area contributed by atoms with E-state index in [1.165, 1.54) is 36.4 Å². The summed E-state index contributed by atoms with van der Waals surface area (Å²) in [6.07, 6.45) is -4.72. The predicted octanol–water partition coefficient (Wildman–Crippen LogP) is 5.19. The van der Waals surface area contributed by atoms with Crippen molar-refractivity contribution in [2.45, 2.75) is 6.18 Å². The zero-order chi connectivity index (χ0) is 19.4. The second kappa shape index (κ2) is 7.45. The number of anilines is 1. The summed E-state index contributed by atoms with van der Waals surface area (Å²) in [7, 11) is 0. The Morgan fingerprint density at radius 1 is 0.630 bits per heavy atom. The molecular weight excluding hydrogens is 355 g/mol. The molecule has 0 saturated carbocycles. The summed E-state index contributed by atoms with van der Waals surface area (Å²) in [6.45, 7) is 0. The molecule has 0 heterocycles. The van der Waals surface area contributed by atoms with Crippen molar-refractivity contribution < 1.29 is 22.8 Å². The highest BCUT2D eigenvalue weighted by atomic mass is 19.4. The van der Waals surface area contributed by atoms with Gasteiger partial charge in [0.2, 0.25) is 0 Å². The van der Waals surface area contributed by atoms with Crippen LogP contribution in [0.5, 0.6) is 0 Å². The van der Waals surface area contributed by atoms with Crippen LogP contribution in [0.15, 0.2) is 84.9 Å². The van der Waals surface area contributed by atoms with Crippen molar-refractivity contribution in [3.63, 3.8) is 0 Å². The second-order valence-electron chi connectivity index (χ2n) is 5.69. The van der Waals surface area contributed by atoms with Crippen LogP contribution in [0.25, 0.3) is 0 Å². The topological polar surface area (TPSA) is 37.4 Å². The van der Waals surface area contributed by atoms with Crippen LogP contribution in [-0.2, 0) is 6.18 Å². The summed E-state index contributed by atoms with van der Waals surface area (Å²) in [6, 6.07) is 20.0. The fraction of sp³-hybridized carbons (Fsp3) is 0.0476. The molecule has 0 aliphatic rings. The molecule has 0 aliphatic carbocycles. The van der Waals surface area contributed by atoms with Crippen molar-refractivity contribution in [2.24, 2.45) is 0 Å². The van der Waals surface area contributed by atoms with Crippen LogP contribution >= 0.6 is 0 Å². The molecule has 0 aromatic heterocycles. The third kappa shape index (κ3) is 3.89. The van der Waals surface area contributed by atoms with Gasteiger partial charge in [-0.05, 0) is 36.4 Å². The third-order valence-corrected chi connectivity index (χ3v) is 3.90. The van der Waals surface area contributed by atoms with E-state index in [4.69, 9.17) is 0 Å². The van der Waals surface area contributed by atoms with Gasteiger partial charge in [-0.2, -0.15) is 13.2 Å². The van der Waals surface area contributed by atoms with Gasteiger partial charge in [-0.3, -0.25) is 9.59 Å². The molecule has 3 aromatic rings. The normalized spacial score (nSPS) is 11.1. The molecule has 27 heavy (non-hydrogen) atoms. The molecule has 3 rings (SSSR count). The molecule has 0 unspecified atom stereocenters. The summed E-state index contributed by atoms with van der Waals surface area (Å²) in [4.78, 5) is 26.5. The second-order valence-corrected chi connectivity index (χ2v) is 5.69. The highest BCUT2D eigenvalue weighted by Crippen LogP contribution is 2.37. The number of benzene rings is 3. The average molecular weight is 369 g/mol. The summed E-state index contributed by atoms with van der Waals surface area (Å²) in [5.41, 5.74) is -1.34. The maximum absolute atomic E-state index is 13.5. The fourth-order valence-corrected chi connectivity index (χ4v) is 2.64. The number of alkyl halides is 3. The monoisotopic (exact) mass is 369 g/mol. The first-order valence-corrected chi connectivity index (χ1v) is 8.04. The Hall–Kier alpha value is -3.41. The highest BCUT2D eigenvalue weighted by Gasteiger charge is 2.38. The van der Waals surface area contributed by atoms with E-state index in [0.29, 0.717) is 4.90 Å². The van der Waals surface area contributed by atoms with Gasteiger partial charge in [-0.1, -0.05) is 48.5 Å². The molecule has 3 nitrogen and oxygen atoms in total. The van der Waals surface area contributed by atoms with E-state index in [0.717, 1.165) is 12.1 Å². The van der Waals surface area contributed by atoms with Gasteiger partial charge in [-0.25, -0.2) is 4.90 Å². The van der Waals surface area contributed by atoms with E-state index >= 15 is 0 Å². The van der Waals surface area contributed by atoms with Crippen LogP contribution in [0.1, 0.15) is 26.3 Å². The Morgan fingerprint density at radius 3 is 1.48 bits per heavy atom. The largest absolute Gasteiger partial charge is 0.418 e. The first-order chi connectivity index (χ1) is 12.9. The molecule has 0 fully saturated rings. The Bertz CT molecular complexity index is 902. The molecule has 136 valence electrons. The van der Waals surface area contributed by atoms with Crippen LogP contribution in [0.2, 0.25) is 0 Å². The van der Waals surface area contributed by atoms with Crippen molar-refractivity contribution in [2.75, 3.05) is 4.90 Å². The van der Waals surface area contributed by atoms with Crippen molar-refractivity contribution in [1.82, 2.24) is 0 Å². The number of hydrogen-bond acceptors (Lipinski definition) is 2. The molecule has 0 saturated heterocycles. The van der Waals surface area contributed by atoms with Crippen LogP contribution in [0.4, 0.5) is 18.9 Å². The van der Waals surface area contributed by atoms with Crippen LogP contribution in [0, 0.1) is 0 Å². The van der Waals surface area contributed by atoms with E-state index in [1.54, 1.807) is 36.4 Å². The summed E-state index contributed by atoms with van der Waals surface area (Å²) in [5, 5.41) is 0. The summed E-state index contributed by atoms with van der Waals surface area (Å²) in [5.74, 6) is -1.66. The quantitative estimate of drug-likeness (QED) is 0.596. The Kier molecular flexibility index (Phi) is 5.07. The maximum atomic E-state index is 13.5. The minimum Gasteiger partial charge on any atom is -0.268 e. The van der Waals surface area contributed by atoms with Crippen molar-refractivity contribution in [3.8, 4) is 0 Å². The van der Waals surface area contributed by atoms with E-state index in [9.17, 15) is 22.8 Å². The van der Waals surface area contributed by atoms with E-state index < -0.39 is 29.2 Å². The number of carbonyl (C=O) groups excluding carboxylic acids is 2.